The number of rotatable bonds is 5. The van der Waals surface area contributed by atoms with Crippen LogP contribution in [0.15, 0.2) is 72.8 Å². The van der Waals surface area contributed by atoms with Gasteiger partial charge < -0.3 is 4.74 Å². The van der Waals surface area contributed by atoms with Gasteiger partial charge in [-0.3, -0.25) is 9.80 Å². The number of carbonyl (C=O) groups excluding carboxylic acids is 1. The van der Waals surface area contributed by atoms with Crippen molar-refractivity contribution in [2.45, 2.75) is 20.8 Å². The van der Waals surface area contributed by atoms with E-state index in [1.165, 1.54) is 0 Å². The molecule has 0 aliphatic carbocycles. The third-order valence-electron chi connectivity index (χ3n) is 4.89. The van der Waals surface area contributed by atoms with Crippen molar-refractivity contribution in [2.24, 2.45) is 0 Å². The van der Waals surface area contributed by atoms with Gasteiger partial charge in [0.05, 0.1) is 18.5 Å². The fourth-order valence-electron chi connectivity index (χ4n) is 3.20. The van der Waals surface area contributed by atoms with Crippen LogP contribution in [0.1, 0.15) is 23.7 Å². The normalized spacial score (nSPS) is 11.2. The average Bonchev–Trinajstić information content (AvgIpc) is 2.77. The third kappa shape index (κ3) is 4.51. The second kappa shape index (κ2) is 9.27. The molecule has 0 N–H and O–H groups in total. The van der Waals surface area contributed by atoms with Crippen LogP contribution in [0.5, 0.6) is 5.75 Å². The minimum atomic E-state index is -0.202. The van der Waals surface area contributed by atoms with E-state index in [2.05, 4.69) is 4.98 Å². The summed E-state index contributed by atoms with van der Waals surface area (Å²) in [6.45, 7) is 5.89. The number of benzene rings is 2. The van der Waals surface area contributed by atoms with Crippen LogP contribution in [0, 0.1) is 13.8 Å². The predicted molar refractivity (Wildman–Crippen MR) is 123 cm³/mol. The highest BCUT2D eigenvalue weighted by Crippen LogP contribution is 2.30. The second-order valence-electron chi connectivity index (χ2n) is 7.05. The van der Waals surface area contributed by atoms with Crippen LogP contribution >= 0.6 is 0 Å². The summed E-state index contributed by atoms with van der Waals surface area (Å²) in [5.41, 5.74) is 4.52. The fraction of sp³-hybridized carbons (Fsp3) is 0.200. The first kappa shape index (κ1) is 21.1. The molecule has 5 heteroatoms. The third-order valence-corrected chi connectivity index (χ3v) is 4.89. The van der Waals surface area contributed by atoms with E-state index < -0.39 is 0 Å². The van der Waals surface area contributed by atoms with Gasteiger partial charge in [-0.1, -0.05) is 42.0 Å². The molecule has 0 radical (unpaired) electrons. The summed E-state index contributed by atoms with van der Waals surface area (Å²) in [6.07, 6.45) is 1.95. The zero-order valence-corrected chi connectivity index (χ0v) is 18.1. The zero-order chi connectivity index (χ0) is 21.7. The fourth-order valence-corrected chi connectivity index (χ4v) is 3.20. The Hall–Kier alpha value is -3.60. The molecule has 154 valence electrons. The lowest BCUT2D eigenvalue weighted by atomic mass is 10.1. The van der Waals surface area contributed by atoms with Crippen LogP contribution in [-0.2, 0) is 0 Å². The summed E-state index contributed by atoms with van der Waals surface area (Å²) in [5.74, 6) is 1.33. The molecule has 2 amide bonds. The van der Waals surface area contributed by atoms with Crippen molar-refractivity contribution in [1.82, 2.24) is 4.98 Å². The van der Waals surface area contributed by atoms with Crippen molar-refractivity contribution in [3.05, 3.63) is 89.6 Å². The van der Waals surface area contributed by atoms with Crippen molar-refractivity contribution in [2.75, 3.05) is 24.0 Å². The van der Waals surface area contributed by atoms with Crippen molar-refractivity contribution in [1.29, 1.82) is 0 Å². The summed E-state index contributed by atoms with van der Waals surface area (Å²) in [6, 6.07) is 21.0. The van der Waals surface area contributed by atoms with Crippen LogP contribution in [0.3, 0.4) is 0 Å². The van der Waals surface area contributed by atoms with Gasteiger partial charge in [0.1, 0.15) is 11.6 Å². The van der Waals surface area contributed by atoms with Gasteiger partial charge in [0.2, 0.25) is 0 Å². The van der Waals surface area contributed by atoms with Gasteiger partial charge in [0.25, 0.3) is 0 Å². The van der Waals surface area contributed by atoms with Crippen molar-refractivity contribution in [3.63, 3.8) is 0 Å². The summed E-state index contributed by atoms with van der Waals surface area (Å²) in [5, 5.41) is 0. The molecule has 0 saturated heterocycles. The van der Waals surface area contributed by atoms with Crippen LogP contribution < -0.4 is 14.5 Å². The summed E-state index contributed by atoms with van der Waals surface area (Å²) in [4.78, 5) is 21.5. The molecule has 0 fully saturated rings. The Labute approximate surface area is 178 Å². The Kier molecular flexibility index (Phi) is 6.52. The lowest BCUT2D eigenvalue weighted by Gasteiger charge is -2.30. The number of carbonyl (C=O) groups is 1. The number of methoxy groups -OCH3 is 1. The van der Waals surface area contributed by atoms with Crippen molar-refractivity contribution in [3.8, 4) is 5.75 Å². The average molecular weight is 402 g/mol. The Bertz CT molecular complexity index is 1040. The maximum absolute atomic E-state index is 13.7. The van der Waals surface area contributed by atoms with E-state index in [1.807, 2.05) is 93.6 Å². The number of allylic oxidation sites excluding steroid dienone is 1. The molecule has 0 spiro atoms. The van der Waals surface area contributed by atoms with Crippen LogP contribution in [0.2, 0.25) is 0 Å². The molecule has 0 saturated carbocycles. The number of nitrogens with zero attached hydrogens (tertiary/aromatic N) is 3. The molecule has 3 rings (SSSR count). The molecular weight excluding hydrogens is 374 g/mol. The number of aryl methyl sites for hydroxylation is 2. The Balaban J connectivity index is 2.08. The van der Waals surface area contributed by atoms with Gasteiger partial charge in [-0.2, -0.15) is 0 Å². The van der Waals surface area contributed by atoms with E-state index in [9.17, 15) is 4.79 Å². The second-order valence-corrected chi connectivity index (χ2v) is 7.05. The van der Waals surface area contributed by atoms with Gasteiger partial charge in [0.15, 0.2) is 0 Å². The standard InChI is InChI=1S/C25H27N3O2/c1-6-23(20-12-10-18(2)11-13-20)28(21-14-16-22(30-5)17-15-21)25(29)27(4)24-9-7-8-19(3)26-24/h6-17H,1-5H3/b23-6-. The molecule has 0 atom stereocenters. The van der Waals surface area contributed by atoms with Gasteiger partial charge in [-0.05, 0) is 62.7 Å². The molecule has 1 heterocycles. The smallest absolute Gasteiger partial charge is 0.334 e. The van der Waals surface area contributed by atoms with Gasteiger partial charge in [-0.15, -0.1) is 0 Å². The molecule has 30 heavy (non-hydrogen) atoms. The van der Waals surface area contributed by atoms with Crippen LogP contribution in [-0.4, -0.2) is 25.2 Å². The lowest BCUT2D eigenvalue weighted by Crippen LogP contribution is -2.41. The number of anilines is 2. The van der Waals surface area contributed by atoms with E-state index in [1.54, 1.807) is 24.0 Å². The molecule has 0 unspecified atom stereocenters. The Morgan fingerprint density at radius 2 is 1.63 bits per heavy atom. The summed E-state index contributed by atoms with van der Waals surface area (Å²) in [7, 11) is 3.36. The predicted octanol–water partition coefficient (Wildman–Crippen LogP) is 5.83. The van der Waals surface area contributed by atoms with Gasteiger partial charge >= 0.3 is 6.03 Å². The highest BCUT2D eigenvalue weighted by Gasteiger charge is 2.26. The first-order chi connectivity index (χ1) is 14.4. The molecular formula is C25H27N3O2. The van der Waals surface area contributed by atoms with E-state index in [0.717, 1.165) is 34.0 Å². The van der Waals surface area contributed by atoms with Crippen molar-refractivity contribution < 1.29 is 9.53 Å². The monoisotopic (exact) mass is 401 g/mol. The molecule has 0 aliphatic heterocycles. The zero-order valence-electron chi connectivity index (χ0n) is 18.1. The number of hydrogen-bond donors (Lipinski definition) is 0. The summed E-state index contributed by atoms with van der Waals surface area (Å²) >= 11 is 0. The molecule has 0 bridgehead atoms. The SMILES string of the molecule is C/C=C(/c1ccc(C)cc1)N(C(=O)N(C)c1cccc(C)n1)c1ccc(OC)cc1. The van der Waals surface area contributed by atoms with Crippen LogP contribution in [0.4, 0.5) is 16.3 Å². The van der Waals surface area contributed by atoms with E-state index >= 15 is 0 Å². The lowest BCUT2D eigenvalue weighted by molar-refractivity contribution is 0.254. The molecule has 3 aromatic rings. The number of aromatic nitrogens is 1. The maximum Gasteiger partial charge on any atom is 0.334 e. The summed E-state index contributed by atoms with van der Waals surface area (Å²) < 4.78 is 5.29. The van der Waals surface area contributed by atoms with E-state index in [-0.39, 0.29) is 6.03 Å². The molecule has 0 aliphatic rings. The highest BCUT2D eigenvalue weighted by molar-refractivity contribution is 6.11. The van der Waals surface area contributed by atoms with Gasteiger partial charge in [-0.25, -0.2) is 9.78 Å². The Morgan fingerprint density at radius 3 is 2.20 bits per heavy atom. The van der Waals surface area contributed by atoms with E-state index in [0.29, 0.717) is 5.82 Å². The molecule has 5 nitrogen and oxygen atoms in total. The highest BCUT2D eigenvalue weighted by atomic mass is 16.5. The number of pyridine rings is 1. The minimum absolute atomic E-state index is 0.202. The largest absolute Gasteiger partial charge is 0.497 e. The number of amides is 2. The Morgan fingerprint density at radius 1 is 0.967 bits per heavy atom. The number of hydrogen-bond acceptors (Lipinski definition) is 3. The first-order valence-corrected chi connectivity index (χ1v) is 9.83. The van der Waals surface area contributed by atoms with Crippen molar-refractivity contribution >= 4 is 23.2 Å². The topological polar surface area (TPSA) is 45.7 Å². The molecule has 2 aromatic carbocycles. The van der Waals surface area contributed by atoms with Gasteiger partial charge in [0, 0.05) is 12.7 Å². The molecule has 1 aromatic heterocycles. The number of ether oxygens (including phenoxy) is 1. The minimum Gasteiger partial charge on any atom is -0.497 e. The quantitative estimate of drug-likeness (QED) is 0.540. The maximum atomic E-state index is 13.7. The van der Waals surface area contributed by atoms with E-state index in [4.69, 9.17) is 4.74 Å². The first-order valence-electron chi connectivity index (χ1n) is 9.83. The number of urea groups is 1. The van der Waals surface area contributed by atoms with Crippen LogP contribution in [0.25, 0.3) is 5.70 Å².